The quantitative estimate of drug-likeness (QED) is 0.226. The molecule has 0 radical (unpaired) electrons. The fourth-order valence-corrected chi connectivity index (χ4v) is 2.01. The van der Waals surface area contributed by atoms with Crippen molar-refractivity contribution < 1.29 is 8.42 Å². The molecule has 0 rings (SSSR count). The molecule has 0 atom stereocenters. The Hall–Kier alpha value is -0.0900. The molecule has 0 fully saturated rings. The number of aliphatic imine (C=N–C) groups is 1. The van der Waals surface area contributed by atoms with Gasteiger partial charge >= 0.3 is 0 Å². The topological polar surface area (TPSA) is 82.6 Å². The highest BCUT2D eigenvalue weighted by molar-refractivity contribution is 14.0. The van der Waals surface area contributed by atoms with Gasteiger partial charge in [0.1, 0.15) is 0 Å². The van der Waals surface area contributed by atoms with Crippen LogP contribution < -0.4 is 15.4 Å². The Morgan fingerprint density at radius 2 is 1.65 bits per heavy atom. The number of hydrogen-bond acceptors (Lipinski definition) is 3. The van der Waals surface area contributed by atoms with Crippen LogP contribution in [0.1, 0.15) is 33.1 Å². The average Bonchev–Trinajstić information content (AvgIpc) is 2.29. The molecule has 0 aromatic heterocycles. The molecule has 0 amide bonds. The van der Waals surface area contributed by atoms with E-state index in [0.717, 1.165) is 37.5 Å². The second-order valence-corrected chi connectivity index (χ2v) is 6.81. The molecule has 0 bridgehead atoms. The molecule has 6 nitrogen and oxygen atoms in total. The zero-order valence-corrected chi connectivity index (χ0v) is 16.0. The molecule has 0 saturated heterocycles. The molecule has 0 aliphatic heterocycles. The van der Waals surface area contributed by atoms with Crippen molar-refractivity contribution in [3.05, 3.63) is 0 Å². The van der Waals surface area contributed by atoms with Gasteiger partial charge in [-0.25, -0.2) is 13.1 Å². The van der Waals surface area contributed by atoms with Crippen molar-refractivity contribution in [3.63, 3.8) is 0 Å². The van der Waals surface area contributed by atoms with Crippen molar-refractivity contribution in [2.24, 2.45) is 10.9 Å². The minimum Gasteiger partial charge on any atom is -0.356 e. The minimum absolute atomic E-state index is 0. The van der Waals surface area contributed by atoms with Crippen molar-refractivity contribution in [2.75, 3.05) is 32.9 Å². The SMILES string of the molecule is CN=C(NCCCNS(C)(=O)=O)NCCCC(C)C.I. The van der Waals surface area contributed by atoms with Gasteiger partial charge < -0.3 is 10.6 Å². The van der Waals surface area contributed by atoms with Gasteiger partial charge in [-0.05, 0) is 25.2 Å². The summed E-state index contributed by atoms with van der Waals surface area (Å²) in [6, 6.07) is 0. The summed E-state index contributed by atoms with van der Waals surface area (Å²) in [6.45, 7) is 6.45. The van der Waals surface area contributed by atoms with Crippen molar-refractivity contribution in [1.82, 2.24) is 15.4 Å². The van der Waals surface area contributed by atoms with Crippen LogP contribution in [0.4, 0.5) is 0 Å². The molecule has 0 saturated carbocycles. The van der Waals surface area contributed by atoms with Crippen molar-refractivity contribution in [3.8, 4) is 0 Å². The lowest BCUT2D eigenvalue weighted by molar-refractivity contribution is 0.549. The molecule has 0 aliphatic carbocycles. The summed E-state index contributed by atoms with van der Waals surface area (Å²) >= 11 is 0. The average molecular weight is 420 g/mol. The maximum absolute atomic E-state index is 10.8. The molecule has 0 unspecified atom stereocenters. The summed E-state index contributed by atoms with van der Waals surface area (Å²) < 4.78 is 24.1. The summed E-state index contributed by atoms with van der Waals surface area (Å²) in [5, 5.41) is 6.38. The highest BCUT2D eigenvalue weighted by atomic mass is 127. The van der Waals surface area contributed by atoms with Gasteiger partial charge in [-0.2, -0.15) is 0 Å². The Labute approximate surface area is 140 Å². The van der Waals surface area contributed by atoms with Crippen molar-refractivity contribution in [1.29, 1.82) is 0 Å². The number of guanidine groups is 1. The van der Waals surface area contributed by atoms with Crippen LogP contribution in [0, 0.1) is 5.92 Å². The number of halogens is 1. The predicted molar refractivity (Wildman–Crippen MR) is 96.3 cm³/mol. The number of hydrogen-bond donors (Lipinski definition) is 3. The smallest absolute Gasteiger partial charge is 0.208 e. The fourth-order valence-electron chi connectivity index (χ4n) is 1.49. The molecule has 0 aromatic rings. The van der Waals surface area contributed by atoms with E-state index in [0.29, 0.717) is 13.1 Å². The van der Waals surface area contributed by atoms with Crippen LogP contribution in [0.25, 0.3) is 0 Å². The van der Waals surface area contributed by atoms with E-state index >= 15 is 0 Å². The van der Waals surface area contributed by atoms with Gasteiger partial charge in [-0.15, -0.1) is 24.0 Å². The third-order valence-electron chi connectivity index (χ3n) is 2.48. The van der Waals surface area contributed by atoms with Gasteiger partial charge in [-0.3, -0.25) is 4.99 Å². The lowest BCUT2D eigenvalue weighted by Gasteiger charge is -2.12. The highest BCUT2D eigenvalue weighted by Gasteiger charge is 2.00. The van der Waals surface area contributed by atoms with Gasteiger partial charge in [0.15, 0.2) is 5.96 Å². The predicted octanol–water partition coefficient (Wildman–Crippen LogP) is 1.14. The number of rotatable bonds is 9. The minimum atomic E-state index is -3.08. The Morgan fingerprint density at radius 3 is 2.10 bits per heavy atom. The maximum Gasteiger partial charge on any atom is 0.208 e. The summed E-state index contributed by atoms with van der Waals surface area (Å²) in [5.74, 6) is 1.49. The normalized spacial score (nSPS) is 12.2. The van der Waals surface area contributed by atoms with E-state index in [4.69, 9.17) is 0 Å². The van der Waals surface area contributed by atoms with Crippen LogP contribution in [-0.2, 0) is 10.0 Å². The van der Waals surface area contributed by atoms with Crippen LogP contribution in [-0.4, -0.2) is 47.3 Å². The fraction of sp³-hybridized carbons (Fsp3) is 0.917. The molecular formula is C12H29IN4O2S. The lowest BCUT2D eigenvalue weighted by atomic mass is 10.1. The van der Waals surface area contributed by atoms with Crippen molar-refractivity contribution >= 4 is 40.0 Å². The van der Waals surface area contributed by atoms with E-state index in [-0.39, 0.29) is 24.0 Å². The maximum atomic E-state index is 10.8. The van der Waals surface area contributed by atoms with Crippen LogP contribution in [0.2, 0.25) is 0 Å². The molecule has 0 spiro atoms. The first-order chi connectivity index (χ1) is 8.85. The number of sulfonamides is 1. The first kappa shape index (κ1) is 22.2. The second kappa shape index (κ2) is 12.6. The van der Waals surface area contributed by atoms with Crippen molar-refractivity contribution in [2.45, 2.75) is 33.1 Å². The van der Waals surface area contributed by atoms with Gasteiger partial charge in [0.2, 0.25) is 10.0 Å². The Morgan fingerprint density at radius 1 is 1.10 bits per heavy atom. The first-order valence-corrected chi connectivity index (χ1v) is 8.63. The van der Waals surface area contributed by atoms with E-state index in [1.54, 1.807) is 7.05 Å². The molecule has 0 aliphatic rings. The molecule has 122 valence electrons. The van der Waals surface area contributed by atoms with Gasteiger partial charge in [0.05, 0.1) is 6.26 Å². The van der Waals surface area contributed by atoms with Gasteiger partial charge in [0.25, 0.3) is 0 Å². The van der Waals surface area contributed by atoms with E-state index in [9.17, 15) is 8.42 Å². The monoisotopic (exact) mass is 420 g/mol. The molecule has 20 heavy (non-hydrogen) atoms. The van der Waals surface area contributed by atoms with E-state index in [2.05, 4.69) is 34.2 Å². The third-order valence-corrected chi connectivity index (χ3v) is 3.21. The summed E-state index contributed by atoms with van der Waals surface area (Å²) in [5.41, 5.74) is 0. The molecule has 8 heteroatoms. The van der Waals surface area contributed by atoms with Crippen LogP contribution >= 0.6 is 24.0 Å². The Kier molecular flexibility index (Phi) is 14.0. The van der Waals surface area contributed by atoms with E-state index in [1.165, 1.54) is 6.42 Å². The van der Waals surface area contributed by atoms with Gasteiger partial charge in [0, 0.05) is 26.7 Å². The second-order valence-electron chi connectivity index (χ2n) is 4.98. The number of nitrogens with one attached hydrogen (secondary N) is 3. The Bertz CT molecular complexity index is 358. The van der Waals surface area contributed by atoms with E-state index < -0.39 is 10.0 Å². The zero-order chi connectivity index (χ0) is 14.7. The largest absolute Gasteiger partial charge is 0.356 e. The molecular weight excluding hydrogens is 391 g/mol. The Balaban J connectivity index is 0. The van der Waals surface area contributed by atoms with Gasteiger partial charge in [-0.1, -0.05) is 13.8 Å². The third kappa shape index (κ3) is 16.0. The molecule has 0 aromatic carbocycles. The number of nitrogens with zero attached hydrogens (tertiary/aromatic N) is 1. The molecule has 0 heterocycles. The standard InChI is InChI=1S/C12H28N4O2S.HI/c1-11(2)7-5-8-14-12(13-3)15-9-6-10-16-19(4,17)18;/h11,16H,5-10H2,1-4H3,(H2,13,14,15);1H. The lowest BCUT2D eigenvalue weighted by Crippen LogP contribution is -2.39. The van der Waals surface area contributed by atoms with Crippen LogP contribution in [0.5, 0.6) is 0 Å². The highest BCUT2D eigenvalue weighted by Crippen LogP contribution is 2.01. The molecule has 3 N–H and O–H groups in total. The van der Waals surface area contributed by atoms with Crippen LogP contribution in [0.3, 0.4) is 0 Å². The summed E-state index contributed by atoms with van der Waals surface area (Å²) in [6.07, 6.45) is 4.20. The van der Waals surface area contributed by atoms with E-state index in [1.807, 2.05) is 0 Å². The summed E-state index contributed by atoms with van der Waals surface area (Å²) in [7, 11) is -1.35. The summed E-state index contributed by atoms with van der Waals surface area (Å²) in [4.78, 5) is 4.11. The first-order valence-electron chi connectivity index (χ1n) is 6.74. The zero-order valence-electron chi connectivity index (χ0n) is 12.9. The van der Waals surface area contributed by atoms with Crippen LogP contribution in [0.15, 0.2) is 4.99 Å².